The highest BCUT2D eigenvalue weighted by molar-refractivity contribution is 6.00. The van der Waals surface area contributed by atoms with E-state index in [-0.39, 0.29) is 5.84 Å². The van der Waals surface area contributed by atoms with Crippen molar-refractivity contribution in [3.05, 3.63) is 0 Å². The van der Waals surface area contributed by atoms with Crippen LogP contribution in [0.15, 0.2) is 4.99 Å². The summed E-state index contributed by atoms with van der Waals surface area (Å²) in [5, 5.41) is 9.10. The number of nitrogens with one attached hydrogen (secondary N) is 2. The van der Waals surface area contributed by atoms with Gasteiger partial charge >= 0.3 is 6.03 Å². The highest BCUT2D eigenvalue weighted by Gasteiger charge is 1.95. The molecule has 0 bridgehead atoms. The Kier molecular flexibility index (Phi) is 3.32. The van der Waals surface area contributed by atoms with Gasteiger partial charge in [-0.15, -0.1) is 0 Å². The van der Waals surface area contributed by atoms with E-state index in [4.69, 9.17) is 5.41 Å². The van der Waals surface area contributed by atoms with Crippen LogP contribution in [0.3, 0.4) is 0 Å². The van der Waals surface area contributed by atoms with Crippen molar-refractivity contribution in [3.8, 4) is 0 Å². The molecular formula is C6H11N3O. The molecule has 4 heteroatoms. The number of amides is 2. The summed E-state index contributed by atoms with van der Waals surface area (Å²) < 4.78 is 0. The summed E-state index contributed by atoms with van der Waals surface area (Å²) in [6.07, 6.45) is 0. The maximum absolute atomic E-state index is 10.6. The summed E-state index contributed by atoms with van der Waals surface area (Å²) in [5.41, 5.74) is 0.679. The zero-order valence-electron chi connectivity index (χ0n) is 6.36. The molecular weight excluding hydrogens is 130 g/mol. The minimum Gasteiger partial charge on any atom is -0.295 e. The summed E-state index contributed by atoms with van der Waals surface area (Å²) in [7, 11) is 0. The molecule has 0 aromatic carbocycles. The second-order valence-corrected chi connectivity index (χ2v) is 2.11. The molecule has 56 valence electrons. The predicted octanol–water partition coefficient (Wildman–Crippen LogP) is 1.17. The third-order valence-corrected chi connectivity index (χ3v) is 0.620. The number of aliphatic imine (C=N–C) groups is 1. The minimum absolute atomic E-state index is 0.106. The Hall–Kier alpha value is -1.19. The van der Waals surface area contributed by atoms with Gasteiger partial charge in [0.2, 0.25) is 0 Å². The zero-order valence-corrected chi connectivity index (χ0v) is 6.36. The molecule has 0 heterocycles. The molecule has 10 heavy (non-hydrogen) atoms. The number of carbonyl (C=O) groups is 1. The summed E-state index contributed by atoms with van der Waals surface area (Å²) >= 11 is 0. The second kappa shape index (κ2) is 3.76. The Morgan fingerprint density at radius 3 is 2.20 bits per heavy atom. The van der Waals surface area contributed by atoms with Gasteiger partial charge in [0.05, 0.1) is 5.84 Å². The number of hydrogen-bond acceptors (Lipinski definition) is 2. The van der Waals surface area contributed by atoms with E-state index >= 15 is 0 Å². The lowest BCUT2D eigenvalue weighted by Crippen LogP contribution is -2.24. The second-order valence-electron chi connectivity index (χ2n) is 2.11. The molecule has 0 spiro atoms. The van der Waals surface area contributed by atoms with Crippen molar-refractivity contribution < 1.29 is 4.79 Å². The third kappa shape index (κ3) is 4.96. The maximum Gasteiger partial charge on any atom is 0.346 e. The molecule has 0 unspecified atom stereocenters. The molecule has 0 aliphatic heterocycles. The lowest BCUT2D eigenvalue weighted by Gasteiger charge is -1.95. The van der Waals surface area contributed by atoms with Crippen LogP contribution in [-0.4, -0.2) is 17.6 Å². The average molecular weight is 141 g/mol. The first kappa shape index (κ1) is 8.81. The van der Waals surface area contributed by atoms with E-state index in [1.54, 1.807) is 13.8 Å². The van der Waals surface area contributed by atoms with Crippen molar-refractivity contribution in [3.63, 3.8) is 0 Å². The summed E-state index contributed by atoms with van der Waals surface area (Å²) in [4.78, 5) is 14.2. The van der Waals surface area contributed by atoms with E-state index < -0.39 is 6.03 Å². The summed E-state index contributed by atoms with van der Waals surface area (Å²) in [6.45, 7) is 4.93. The van der Waals surface area contributed by atoms with E-state index in [0.29, 0.717) is 5.71 Å². The van der Waals surface area contributed by atoms with Gasteiger partial charge in [-0.2, -0.15) is 0 Å². The Labute approximate surface area is 59.9 Å². The van der Waals surface area contributed by atoms with E-state index in [0.717, 1.165) is 0 Å². The molecule has 0 aliphatic carbocycles. The van der Waals surface area contributed by atoms with Gasteiger partial charge in [0.1, 0.15) is 0 Å². The summed E-state index contributed by atoms with van der Waals surface area (Å²) in [5.74, 6) is 0.106. The quantitative estimate of drug-likeness (QED) is 0.386. The van der Waals surface area contributed by atoms with E-state index in [2.05, 4.69) is 10.3 Å². The van der Waals surface area contributed by atoms with Crippen LogP contribution in [0.1, 0.15) is 20.8 Å². The zero-order chi connectivity index (χ0) is 8.15. The first-order chi connectivity index (χ1) is 4.52. The van der Waals surface area contributed by atoms with E-state index in [9.17, 15) is 4.79 Å². The average Bonchev–Trinajstić information content (AvgIpc) is 1.58. The van der Waals surface area contributed by atoms with Crippen molar-refractivity contribution in [2.24, 2.45) is 4.99 Å². The van der Waals surface area contributed by atoms with Crippen LogP contribution in [0, 0.1) is 5.41 Å². The van der Waals surface area contributed by atoms with Gasteiger partial charge in [-0.3, -0.25) is 10.7 Å². The van der Waals surface area contributed by atoms with Gasteiger partial charge in [0.25, 0.3) is 0 Å². The molecule has 0 aliphatic rings. The fourth-order valence-corrected chi connectivity index (χ4v) is 0.391. The molecule has 4 nitrogen and oxygen atoms in total. The normalized spacial score (nSPS) is 8.30. The third-order valence-electron chi connectivity index (χ3n) is 0.620. The molecule has 0 saturated carbocycles. The van der Waals surface area contributed by atoms with E-state index in [1.165, 1.54) is 6.92 Å². The monoisotopic (exact) mass is 141 g/mol. The topological polar surface area (TPSA) is 65.3 Å². The van der Waals surface area contributed by atoms with Crippen molar-refractivity contribution in [2.75, 3.05) is 0 Å². The number of carbonyl (C=O) groups excluding carboxylic acids is 1. The number of rotatable bonds is 0. The van der Waals surface area contributed by atoms with Gasteiger partial charge < -0.3 is 0 Å². The largest absolute Gasteiger partial charge is 0.346 e. The molecule has 0 saturated heterocycles. The van der Waals surface area contributed by atoms with Crippen LogP contribution in [0.2, 0.25) is 0 Å². The lowest BCUT2D eigenvalue weighted by molar-refractivity contribution is 0.253. The molecule has 0 radical (unpaired) electrons. The standard InChI is InChI=1S/C6H11N3O/c1-4(2)8-6(10)9-5(3)7/h1-3H3,(H2,7,9,10). The van der Waals surface area contributed by atoms with Crippen LogP contribution >= 0.6 is 0 Å². The Balaban J connectivity index is 3.88. The predicted molar refractivity (Wildman–Crippen MR) is 40.7 cm³/mol. The van der Waals surface area contributed by atoms with Crippen LogP contribution in [-0.2, 0) is 0 Å². The van der Waals surface area contributed by atoms with Gasteiger partial charge in [-0.1, -0.05) is 0 Å². The van der Waals surface area contributed by atoms with Gasteiger partial charge in [-0.25, -0.2) is 9.79 Å². The van der Waals surface area contributed by atoms with Crippen molar-refractivity contribution in [2.45, 2.75) is 20.8 Å². The minimum atomic E-state index is -0.479. The Morgan fingerprint density at radius 2 is 1.90 bits per heavy atom. The van der Waals surface area contributed by atoms with Crippen LogP contribution in [0.5, 0.6) is 0 Å². The highest BCUT2D eigenvalue weighted by Crippen LogP contribution is 1.77. The van der Waals surface area contributed by atoms with Gasteiger partial charge in [0.15, 0.2) is 0 Å². The van der Waals surface area contributed by atoms with Crippen LogP contribution in [0.4, 0.5) is 4.79 Å². The van der Waals surface area contributed by atoms with E-state index in [1.807, 2.05) is 0 Å². The number of urea groups is 1. The maximum atomic E-state index is 10.6. The Bertz CT molecular complexity index is 179. The fourth-order valence-electron chi connectivity index (χ4n) is 0.391. The Morgan fingerprint density at radius 1 is 1.40 bits per heavy atom. The van der Waals surface area contributed by atoms with Gasteiger partial charge in [0, 0.05) is 5.71 Å². The number of amidine groups is 1. The summed E-state index contributed by atoms with van der Waals surface area (Å²) in [6, 6.07) is -0.479. The lowest BCUT2D eigenvalue weighted by atomic mass is 10.5. The number of hydrogen-bond donors (Lipinski definition) is 2. The van der Waals surface area contributed by atoms with Crippen LogP contribution < -0.4 is 5.32 Å². The highest BCUT2D eigenvalue weighted by atomic mass is 16.2. The van der Waals surface area contributed by atoms with Crippen LogP contribution in [0.25, 0.3) is 0 Å². The molecule has 2 N–H and O–H groups in total. The SMILES string of the molecule is CC(=N)NC(=O)N=C(C)C. The first-order valence-corrected chi connectivity index (χ1v) is 2.90. The van der Waals surface area contributed by atoms with Crippen molar-refractivity contribution >= 4 is 17.6 Å². The first-order valence-electron chi connectivity index (χ1n) is 2.90. The molecule has 0 rings (SSSR count). The molecule has 0 aromatic rings. The van der Waals surface area contributed by atoms with Crippen molar-refractivity contribution in [1.29, 1.82) is 5.41 Å². The smallest absolute Gasteiger partial charge is 0.295 e. The molecule has 0 atom stereocenters. The number of nitrogens with zero attached hydrogens (tertiary/aromatic N) is 1. The van der Waals surface area contributed by atoms with Gasteiger partial charge in [-0.05, 0) is 20.8 Å². The fraction of sp³-hybridized carbons (Fsp3) is 0.500. The van der Waals surface area contributed by atoms with Crippen molar-refractivity contribution in [1.82, 2.24) is 5.32 Å². The molecule has 2 amide bonds. The molecule has 0 aromatic heterocycles. The molecule has 0 fully saturated rings.